The summed E-state index contributed by atoms with van der Waals surface area (Å²) in [4.78, 5) is 32.2. The molecule has 10 heteroatoms. The first-order valence-electron chi connectivity index (χ1n) is 9.42. The highest BCUT2D eigenvalue weighted by molar-refractivity contribution is 6.31. The first-order chi connectivity index (χ1) is 14.0. The molecule has 2 amide bonds. The molecule has 1 atom stereocenters. The Morgan fingerprint density at radius 3 is 2.33 bits per heavy atom. The number of carbonyl (C=O) groups excluding carboxylic acids is 2. The third-order valence-corrected chi connectivity index (χ3v) is 4.25. The van der Waals surface area contributed by atoms with E-state index in [-0.39, 0.29) is 34.9 Å². The number of ether oxygens (including phenoxy) is 1. The number of hydrogen-bond donors (Lipinski definition) is 4. The second-order valence-electron chi connectivity index (χ2n) is 7.78. The zero-order valence-corrected chi connectivity index (χ0v) is 18.0. The van der Waals surface area contributed by atoms with Crippen LogP contribution in [-0.2, 0) is 11.2 Å². The zero-order chi connectivity index (χ0) is 22.3. The summed E-state index contributed by atoms with van der Waals surface area (Å²) in [5.41, 5.74) is 11.6. The number of hydrogen-bond acceptors (Lipinski definition) is 7. The number of alkyl carbamates (subject to hydrolysis) is 1. The van der Waals surface area contributed by atoms with Gasteiger partial charge in [-0.05, 0) is 38.7 Å². The molecule has 0 saturated heterocycles. The van der Waals surface area contributed by atoms with Crippen LogP contribution in [0.1, 0.15) is 36.8 Å². The van der Waals surface area contributed by atoms with Crippen molar-refractivity contribution >= 4 is 35.2 Å². The molecule has 1 aromatic heterocycles. The summed E-state index contributed by atoms with van der Waals surface area (Å²) < 4.78 is 5.27. The van der Waals surface area contributed by atoms with E-state index in [0.29, 0.717) is 13.0 Å². The molecule has 30 heavy (non-hydrogen) atoms. The minimum Gasteiger partial charge on any atom is -0.444 e. The van der Waals surface area contributed by atoms with Crippen molar-refractivity contribution in [1.82, 2.24) is 20.6 Å². The van der Waals surface area contributed by atoms with E-state index in [0.717, 1.165) is 5.56 Å². The molecule has 9 nitrogen and oxygen atoms in total. The summed E-state index contributed by atoms with van der Waals surface area (Å²) >= 11 is 5.84. The van der Waals surface area contributed by atoms with E-state index in [4.69, 9.17) is 27.8 Å². The first kappa shape index (κ1) is 23.2. The third kappa shape index (κ3) is 7.40. The van der Waals surface area contributed by atoms with Gasteiger partial charge in [-0.1, -0.05) is 41.9 Å². The van der Waals surface area contributed by atoms with Crippen LogP contribution < -0.4 is 22.1 Å². The van der Waals surface area contributed by atoms with Crippen LogP contribution in [-0.4, -0.2) is 40.7 Å². The molecule has 2 rings (SSSR count). The van der Waals surface area contributed by atoms with E-state index < -0.39 is 17.6 Å². The van der Waals surface area contributed by atoms with Crippen molar-refractivity contribution in [3.05, 3.63) is 46.7 Å². The van der Waals surface area contributed by atoms with E-state index in [9.17, 15) is 9.59 Å². The minimum atomic E-state index is -0.599. The molecular formula is C20H27ClN6O3. The molecule has 0 saturated carbocycles. The molecule has 0 radical (unpaired) electrons. The van der Waals surface area contributed by atoms with Crippen molar-refractivity contribution in [2.75, 3.05) is 24.6 Å². The van der Waals surface area contributed by atoms with Crippen molar-refractivity contribution in [2.24, 2.45) is 5.92 Å². The van der Waals surface area contributed by atoms with E-state index in [1.165, 1.54) is 0 Å². The molecule has 162 valence electrons. The monoisotopic (exact) mass is 434 g/mol. The van der Waals surface area contributed by atoms with Crippen molar-refractivity contribution in [1.29, 1.82) is 0 Å². The van der Waals surface area contributed by atoms with Gasteiger partial charge in [0.25, 0.3) is 5.91 Å². The van der Waals surface area contributed by atoms with Gasteiger partial charge in [-0.3, -0.25) is 4.79 Å². The lowest BCUT2D eigenvalue weighted by Crippen LogP contribution is -2.40. The SMILES string of the molecule is CC(C)(C)OC(=O)NCC(CNC(=O)c1nc(Cl)c(N)nc1N)Cc1ccccc1. The van der Waals surface area contributed by atoms with Crippen LogP contribution in [0.2, 0.25) is 5.15 Å². The van der Waals surface area contributed by atoms with Crippen molar-refractivity contribution in [3.8, 4) is 0 Å². The number of aromatic nitrogens is 2. The molecule has 0 aliphatic rings. The highest BCUT2D eigenvalue weighted by Gasteiger charge is 2.20. The number of anilines is 2. The maximum atomic E-state index is 12.5. The molecule has 1 aromatic carbocycles. The van der Waals surface area contributed by atoms with Crippen LogP contribution in [0.15, 0.2) is 30.3 Å². The van der Waals surface area contributed by atoms with Crippen LogP contribution >= 0.6 is 11.6 Å². The average Bonchev–Trinajstić information content (AvgIpc) is 2.66. The maximum absolute atomic E-state index is 12.5. The van der Waals surface area contributed by atoms with Gasteiger partial charge in [0.05, 0.1) is 0 Å². The molecule has 0 fully saturated rings. The highest BCUT2D eigenvalue weighted by Crippen LogP contribution is 2.17. The van der Waals surface area contributed by atoms with Gasteiger partial charge in [0.2, 0.25) is 0 Å². The number of nitrogens with zero attached hydrogens (tertiary/aromatic N) is 2. The van der Waals surface area contributed by atoms with Crippen LogP contribution in [0.3, 0.4) is 0 Å². The Balaban J connectivity index is 2.04. The standard InChI is InChI=1S/C20H27ClN6O3/c1-20(2,3)30-19(29)25-11-13(9-12-7-5-4-6-8-12)10-24-18(28)14-16(22)27-17(23)15(21)26-14/h4-8,13H,9-11H2,1-3H3,(H,24,28)(H,25,29)(H4,22,23,27). The number of benzene rings is 1. The Hall–Kier alpha value is -3.07. The van der Waals surface area contributed by atoms with Crippen LogP contribution in [0.4, 0.5) is 16.4 Å². The number of nitrogens with one attached hydrogen (secondary N) is 2. The zero-order valence-electron chi connectivity index (χ0n) is 17.2. The number of amides is 2. The quantitative estimate of drug-likeness (QED) is 0.523. The van der Waals surface area contributed by atoms with Crippen LogP contribution in [0, 0.1) is 5.92 Å². The van der Waals surface area contributed by atoms with E-state index in [2.05, 4.69) is 20.6 Å². The van der Waals surface area contributed by atoms with Crippen LogP contribution in [0.25, 0.3) is 0 Å². The number of carbonyl (C=O) groups is 2. The Morgan fingerprint density at radius 2 is 1.70 bits per heavy atom. The lowest BCUT2D eigenvalue weighted by Gasteiger charge is -2.22. The van der Waals surface area contributed by atoms with Crippen LogP contribution in [0.5, 0.6) is 0 Å². The molecule has 6 N–H and O–H groups in total. The lowest BCUT2D eigenvalue weighted by molar-refractivity contribution is 0.0519. The molecule has 2 aromatic rings. The predicted octanol–water partition coefficient (Wildman–Crippen LogP) is 2.41. The molecule has 1 heterocycles. The minimum absolute atomic E-state index is 0.0470. The number of halogens is 1. The third-order valence-electron chi connectivity index (χ3n) is 3.97. The average molecular weight is 435 g/mol. The molecule has 0 spiro atoms. The highest BCUT2D eigenvalue weighted by atomic mass is 35.5. The number of nitrogen functional groups attached to an aromatic ring is 2. The van der Waals surface area contributed by atoms with Gasteiger partial charge < -0.3 is 26.8 Å². The largest absolute Gasteiger partial charge is 0.444 e. The van der Waals surface area contributed by atoms with Gasteiger partial charge in [0.1, 0.15) is 5.60 Å². The lowest BCUT2D eigenvalue weighted by atomic mass is 9.99. The molecule has 1 unspecified atom stereocenters. The topological polar surface area (TPSA) is 145 Å². The van der Waals surface area contributed by atoms with Crippen molar-refractivity contribution < 1.29 is 14.3 Å². The summed E-state index contributed by atoms with van der Waals surface area (Å²) in [5.74, 6) is -0.797. The fourth-order valence-corrected chi connectivity index (χ4v) is 2.76. The number of rotatable bonds is 7. The normalized spacial score (nSPS) is 12.1. The van der Waals surface area contributed by atoms with E-state index in [1.807, 2.05) is 30.3 Å². The second kappa shape index (κ2) is 10.1. The second-order valence-corrected chi connectivity index (χ2v) is 8.14. The van der Waals surface area contributed by atoms with Gasteiger partial charge in [0, 0.05) is 13.1 Å². The molecule has 0 bridgehead atoms. The fraction of sp³-hybridized carbons (Fsp3) is 0.400. The Labute approximate surface area is 180 Å². The molecule has 0 aliphatic heterocycles. The summed E-state index contributed by atoms with van der Waals surface area (Å²) in [6.07, 6.45) is 0.105. The summed E-state index contributed by atoms with van der Waals surface area (Å²) in [5, 5.41) is 5.42. The summed E-state index contributed by atoms with van der Waals surface area (Å²) in [7, 11) is 0. The van der Waals surface area contributed by atoms with Gasteiger partial charge in [0.15, 0.2) is 22.5 Å². The van der Waals surface area contributed by atoms with E-state index in [1.54, 1.807) is 20.8 Å². The molecular weight excluding hydrogens is 408 g/mol. The predicted molar refractivity (Wildman–Crippen MR) is 116 cm³/mol. The van der Waals surface area contributed by atoms with E-state index >= 15 is 0 Å². The summed E-state index contributed by atoms with van der Waals surface area (Å²) in [6, 6.07) is 9.74. The Morgan fingerprint density at radius 1 is 1.07 bits per heavy atom. The maximum Gasteiger partial charge on any atom is 0.407 e. The first-order valence-corrected chi connectivity index (χ1v) is 9.80. The fourth-order valence-electron chi connectivity index (χ4n) is 2.64. The molecule has 0 aliphatic carbocycles. The van der Waals surface area contributed by atoms with Gasteiger partial charge in [-0.25, -0.2) is 14.8 Å². The van der Waals surface area contributed by atoms with Crippen molar-refractivity contribution in [2.45, 2.75) is 32.8 Å². The smallest absolute Gasteiger partial charge is 0.407 e. The Kier molecular flexibility index (Phi) is 7.82. The van der Waals surface area contributed by atoms with Crippen molar-refractivity contribution in [3.63, 3.8) is 0 Å². The number of nitrogens with two attached hydrogens (primary N) is 2. The van der Waals surface area contributed by atoms with Gasteiger partial charge >= 0.3 is 6.09 Å². The summed E-state index contributed by atoms with van der Waals surface area (Å²) in [6.45, 7) is 5.92. The van der Waals surface area contributed by atoms with Gasteiger partial charge in [-0.2, -0.15) is 0 Å². The van der Waals surface area contributed by atoms with Gasteiger partial charge in [-0.15, -0.1) is 0 Å². The Bertz CT molecular complexity index is 886.